The maximum absolute atomic E-state index is 12.8. The van der Waals surface area contributed by atoms with Crippen LogP contribution in [-0.2, 0) is 14.9 Å². The van der Waals surface area contributed by atoms with Gasteiger partial charge in [0.2, 0.25) is 0 Å². The second-order valence-electron chi connectivity index (χ2n) is 7.53. The average molecular weight is 333 g/mol. The first-order chi connectivity index (χ1) is 11.1. The van der Waals surface area contributed by atoms with Crippen LogP contribution in [0.25, 0.3) is 0 Å². The average Bonchev–Trinajstić information content (AvgIpc) is 2.50. The van der Waals surface area contributed by atoms with Gasteiger partial charge in [-0.3, -0.25) is 9.59 Å². The van der Waals surface area contributed by atoms with Crippen molar-refractivity contribution in [3.8, 4) is 0 Å². The topological polar surface area (TPSA) is 46.6 Å². The van der Waals surface area contributed by atoms with Crippen LogP contribution in [0.1, 0.15) is 63.9 Å². The molecule has 1 aromatic rings. The molecule has 0 heterocycles. The lowest BCUT2D eigenvalue weighted by molar-refractivity contribution is -0.143. The van der Waals surface area contributed by atoms with Crippen LogP contribution in [0.3, 0.4) is 0 Å². The summed E-state index contributed by atoms with van der Waals surface area (Å²) in [5, 5.41) is 0. The van der Waals surface area contributed by atoms with Crippen molar-refractivity contribution in [2.75, 3.05) is 19.7 Å². The molecule has 0 N–H and O–H groups in total. The maximum atomic E-state index is 12.8. The Balaban J connectivity index is 2.85. The number of hydrogen-bond donors (Lipinski definition) is 0. The maximum Gasteiger partial charge on any atom is 0.307 e. The molecule has 0 fully saturated rings. The quantitative estimate of drug-likeness (QED) is 0.708. The van der Waals surface area contributed by atoms with Gasteiger partial charge in [0.1, 0.15) is 0 Å². The number of hydrogen-bond acceptors (Lipinski definition) is 3. The normalized spacial score (nSPS) is 11.5. The third-order valence-electron chi connectivity index (χ3n) is 3.76. The van der Waals surface area contributed by atoms with Crippen molar-refractivity contribution in [3.63, 3.8) is 0 Å². The molecule has 1 amide bonds. The Morgan fingerprint density at radius 1 is 1.12 bits per heavy atom. The molecule has 0 atom stereocenters. The summed E-state index contributed by atoms with van der Waals surface area (Å²) in [7, 11) is 0. The lowest BCUT2D eigenvalue weighted by Gasteiger charge is -2.25. The van der Waals surface area contributed by atoms with Crippen molar-refractivity contribution in [3.05, 3.63) is 35.4 Å². The molecule has 0 radical (unpaired) electrons. The van der Waals surface area contributed by atoms with E-state index in [1.807, 2.05) is 24.3 Å². The van der Waals surface area contributed by atoms with E-state index in [0.29, 0.717) is 31.2 Å². The molecule has 0 aliphatic heterocycles. The van der Waals surface area contributed by atoms with Crippen molar-refractivity contribution in [2.24, 2.45) is 5.92 Å². The highest BCUT2D eigenvalue weighted by Crippen LogP contribution is 2.22. The summed E-state index contributed by atoms with van der Waals surface area (Å²) in [6.45, 7) is 13.7. The summed E-state index contributed by atoms with van der Waals surface area (Å²) in [5.74, 6) is 0.0422. The lowest BCUT2D eigenvalue weighted by Crippen LogP contribution is -2.36. The Bertz CT molecular complexity index is 541. The molecule has 0 saturated carbocycles. The van der Waals surface area contributed by atoms with E-state index < -0.39 is 0 Å². The molecular formula is C20H31NO3. The summed E-state index contributed by atoms with van der Waals surface area (Å²) < 4.78 is 4.96. The number of rotatable bonds is 7. The molecule has 134 valence electrons. The Morgan fingerprint density at radius 3 is 2.17 bits per heavy atom. The van der Waals surface area contributed by atoms with Crippen molar-refractivity contribution >= 4 is 11.9 Å². The number of ether oxygens (including phenoxy) is 1. The number of nitrogens with zero attached hydrogens (tertiary/aromatic N) is 1. The van der Waals surface area contributed by atoms with E-state index >= 15 is 0 Å². The fourth-order valence-electron chi connectivity index (χ4n) is 2.47. The van der Waals surface area contributed by atoms with Gasteiger partial charge in [-0.25, -0.2) is 0 Å². The van der Waals surface area contributed by atoms with Crippen LogP contribution in [0, 0.1) is 5.92 Å². The minimum atomic E-state index is -0.262. The first kappa shape index (κ1) is 20.2. The fourth-order valence-corrected chi connectivity index (χ4v) is 2.47. The molecule has 4 nitrogen and oxygen atoms in total. The van der Waals surface area contributed by atoms with E-state index in [9.17, 15) is 9.59 Å². The highest BCUT2D eigenvalue weighted by atomic mass is 16.5. The Morgan fingerprint density at radius 2 is 1.71 bits per heavy atom. The van der Waals surface area contributed by atoms with Gasteiger partial charge in [0, 0.05) is 18.7 Å². The zero-order chi connectivity index (χ0) is 18.3. The van der Waals surface area contributed by atoms with Crippen LogP contribution < -0.4 is 0 Å². The Kier molecular flexibility index (Phi) is 7.46. The summed E-state index contributed by atoms with van der Waals surface area (Å²) in [6, 6.07) is 7.76. The number of benzene rings is 1. The van der Waals surface area contributed by atoms with E-state index in [4.69, 9.17) is 4.74 Å². The molecule has 0 aliphatic carbocycles. The van der Waals surface area contributed by atoms with Gasteiger partial charge in [-0.05, 0) is 36.0 Å². The van der Waals surface area contributed by atoms with Crippen molar-refractivity contribution in [2.45, 2.75) is 53.4 Å². The zero-order valence-corrected chi connectivity index (χ0v) is 15.9. The molecular weight excluding hydrogens is 302 g/mol. The summed E-state index contributed by atoms with van der Waals surface area (Å²) in [5.41, 5.74) is 1.91. The third kappa shape index (κ3) is 6.34. The van der Waals surface area contributed by atoms with Gasteiger partial charge in [0.05, 0.1) is 13.0 Å². The van der Waals surface area contributed by atoms with Crippen LogP contribution in [0.2, 0.25) is 0 Å². The van der Waals surface area contributed by atoms with Gasteiger partial charge in [-0.15, -0.1) is 0 Å². The minimum absolute atomic E-state index is 0.0338. The fraction of sp³-hybridized carbons (Fsp3) is 0.600. The van der Waals surface area contributed by atoms with Crippen LogP contribution >= 0.6 is 0 Å². The number of amides is 1. The van der Waals surface area contributed by atoms with Gasteiger partial charge < -0.3 is 9.64 Å². The second kappa shape index (κ2) is 8.86. The monoisotopic (exact) mass is 333 g/mol. The van der Waals surface area contributed by atoms with E-state index in [0.717, 1.165) is 0 Å². The second-order valence-corrected chi connectivity index (χ2v) is 7.53. The van der Waals surface area contributed by atoms with Gasteiger partial charge in [0.25, 0.3) is 5.91 Å². The van der Waals surface area contributed by atoms with Crippen LogP contribution in [0.4, 0.5) is 0 Å². The first-order valence-electron chi connectivity index (χ1n) is 8.70. The molecule has 4 heteroatoms. The predicted octanol–water partition coefficient (Wildman–Crippen LogP) is 4.04. The molecule has 0 unspecified atom stereocenters. The van der Waals surface area contributed by atoms with Gasteiger partial charge in [0.15, 0.2) is 0 Å². The Hall–Kier alpha value is -1.84. The molecule has 0 saturated heterocycles. The first-order valence-corrected chi connectivity index (χ1v) is 8.70. The Labute approximate surface area is 146 Å². The molecule has 1 aromatic carbocycles. The van der Waals surface area contributed by atoms with Gasteiger partial charge in [-0.1, -0.05) is 46.8 Å². The van der Waals surface area contributed by atoms with E-state index in [-0.39, 0.29) is 23.7 Å². The molecule has 0 spiro atoms. The van der Waals surface area contributed by atoms with Crippen LogP contribution in [0.5, 0.6) is 0 Å². The van der Waals surface area contributed by atoms with Crippen LogP contribution in [-0.4, -0.2) is 36.5 Å². The third-order valence-corrected chi connectivity index (χ3v) is 3.76. The smallest absolute Gasteiger partial charge is 0.307 e. The van der Waals surface area contributed by atoms with Gasteiger partial charge in [-0.2, -0.15) is 0 Å². The van der Waals surface area contributed by atoms with Crippen molar-refractivity contribution in [1.82, 2.24) is 4.90 Å². The molecule has 0 aliphatic rings. The predicted molar refractivity (Wildman–Crippen MR) is 97.1 cm³/mol. The number of esters is 1. The summed E-state index contributed by atoms with van der Waals surface area (Å²) in [4.78, 5) is 26.1. The van der Waals surface area contributed by atoms with Crippen molar-refractivity contribution in [1.29, 1.82) is 0 Å². The highest BCUT2D eigenvalue weighted by Gasteiger charge is 2.20. The standard InChI is InChI=1S/C20H31NO3/c1-7-24-18(22)12-13-21(14-15(2)3)19(23)16-8-10-17(11-9-16)20(4,5)6/h8-11,15H,7,12-14H2,1-6H3. The molecule has 1 rings (SSSR count). The van der Waals surface area contributed by atoms with E-state index in [1.54, 1.807) is 11.8 Å². The van der Waals surface area contributed by atoms with Gasteiger partial charge >= 0.3 is 5.97 Å². The van der Waals surface area contributed by atoms with E-state index in [1.165, 1.54) is 5.56 Å². The summed E-state index contributed by atoms with van der Waals surface area (Å²) in [6.07, 6.45) is 0.229. The van der Waals surface area contributed by atoms with Crippen LogP contribution in [0.15, 0.2) is 24.3 Å². The SMILES string of the molecule is CCOC(=O)CCN(CC(C)C)C(=O)c1ccc(C(C)(C)C)cc1. The molecule has 0 bridgehead atoms. The number of carbonyl (C=O) groups is 2. The van der Waals surface area contributed by atoms with Crippen molar-refractivity contribution < 1.29 is 14.3 Å². The largest absolute Gasteiger partial charge is 0.466 e. The molecule has 24 heavy (non-hydrogen) atoms. The number of carbonyl (C=O) groups excluding carboxylic acids is 2. The van der Waals surface area contributed by atoms with E-state index in [2.05, 4.69) is 34.6 Å². The zero-order valence-electron chi connectivity index (χ0n) is 15.9. The summed E-state index contributed by atoms with van der Waals surface area (Å²) >= 11 is 0. The minimum Gasteiger partial charge on any atom is -0.466 e. The highest BCUT2D eigenvalue weighted by molar-refractivity contribution is 5.94. The molecule has 0 aromatic heterocycles. The lowest BCUT2D eigenvalue weighted by atomic mass is 9.86.